The van der Waals surface area contributed by atoms with Crippen LogP contribution in [0.4, 0.5) is 10.7 Å². The number of likely N-dealkylation sites (tertiary alicyclic amines) is 1. The maximum absolute atomic E-state index is 11.9. The molecule has 0 saturated carbocycles. The third-order valence-corrected chi connectivity index (χ3v) is 5.73. The van der Waals surface area contributed by atoms with Crippen LogP contribution in [0.5, 0.6) is 5.75 Å². The van der Waals surface area contributed by atoms with Gasteiger partial charge in [0.25, 0.3) is 0 Å². The lowest BCUT2D eigenvalue weighted by atomic mass is 9.92. The van der Waals surface area contributed by atoms with E-state index in [9.17, 15) is 4.79 Å². The number of hydrogen-bond donors (Lipinski definition) is 1. The predicted octanol–water partition coefficient (Wildman–Crippen LogP) is 2.69. The summed E-state index contributed by atoms with van der Waals surface area (Å²) < 4.78 is 11.1. The average molecular weight is 406 g/mol. The van der Waals surface area contributed by atoms with E-state index < -0.39 is 0 Å². The van der Waals surface area contributed by atoms with Crippen LogP contribution in [0.1, 0.15) is 46.0 Å². The van der Waals surface area contributed by atoms with Gasteiger partial charge in [0, 0.05) is 32.2 Å². The van der Waals surface area contributed by atoms with Crippen LogP contribution in [0.2, 0.25) is 0 Å². The second-order valence-corrected chi connectivity index (χ2v) is 8.29. The summed E-state index contributed by atoms with van der Waals surface area (Å²) in [7, 11) is 2.00. The fraction of sp³-hybridized carbons (Fsp3) is 0.762. The number of anilines is 1. The Morgan fingerprint density at radius 3 is 2.55 bits per heavy atom. The number of likely N-dealkylation sites (N-methyl/N-ethyl adjacent to an activating group) is 1. The Hall–Kier alpha value is -2.09. The maximum Gasteiger partial charge on any atom is 0.410 e. The molecule has 1 aromatic rings. The smallest absolute Gasteiger partial charge is 0.410 e. The van der Waals surface area contributed by atoms with Gasteiger partial charge >= 0.3 is 6.09 Å². The van der Waals surface area contributed by atoms with Gasteiger partial charge in [-0.15, -0.1) is 0 Å². The Morgan fingerprint density at radius 1 is 1.21 bits per heavy atom. The molecule has 0 aromatic carbocycles. The molecule has 0 aliphatic carbocycles. The van der Waals surface area contributed by atoms with Crippen molar-refractivity contribution in [2.75, 3.05) is 44.7 Å². The van der Waals surface area contributed by atoms with E-state index >= 15 is 0 Å². The second-order valence-electron chi connectivity index (χ2n) is 8.29. The molecular formula is C21H35N5O3. The van der Waals surface area contributed by atoms with Crippen molar-refractivity contribution in [1.29, 1.82) is 0 Å². The van der Waals surface area contributed by atoms with Crippen LogP contribution in [0, 0.1) is 5.92 Å². The van der Waals surface area contributed by atoms with Gasteiger partial charge in [-0.1, -0.05) is 0 Å². The molecule has 2 aliphatic rings. The van der Waals surface area contributed by atoms with Gasteiger partial charge in [-0.3, -0.25) is 0 Å². The monoisotopic (exact) mass is 405 g/mol. The highest BCUT2D eigenvalue weighted by Crippen LogP contribution is 2.23. The lowest BCUT2D eigenvalue weighted by Crippen LogP contribution is -2.39. The van der Waals surface area contributed by atoms with E-state index in [4.69, 9.17) is 9.47 Å². The molecule has 0 radical (unpaired) electrons. The minimum absolute atomic E-state index is 0.0592. The highest BCUT2D eigenvalue weighted by atomic mass is 16.6. The number of nitrogens with zero attached hydrogens (tertiary/aromatic N) is 4. The summed E-state index contributed by atoms with van der Waals surface area (Å²) in [5.74, 6) is 2.15. The SMILES string of the molecule is CNC1CCN(c2ncc(OCCCC3CCN(C(=O)OC(C)C)CC3)cn2)C1. The molecule has 162 valence electrons. The largest absolute Gasteiger partial charge is 0.490 e. The molecule has 3 heterocycles. The lowest BCUT2D eigenvalue weighted by molar-refractivity contribution is 0.0643. The number of piperidine rings is 1. The van der Waals surface area contributed by atoms with Gasteiger partial charge in [-0.25, -0.2) is 14.8 Å². The van der Waals surface area contributed by atoms with Gasteiger partial charge in [-0.2, -0.15) is 0 Å². The minimum Gasteiger partial charge on any atom is -0.490 e. The Balaban J connectivity index is 1.31. The molecule has 1 unspecified atom stereocenters. The van der Waals surface area contributed by atoms with E-state index in [2.05, 4.69) is 20.2 Å². The van der Waals surface area contributed by atoms with Gasteiger partial charge in [0.05, 0.1) is 25.1 Å². The van der Waals surface area contributed by atoms with Crippen LogP contribution < -0.4 is 15.0 Å². The number of carbonyl (C=O) groups is 1. The first kappa shape index (κ1) is 21.6. The quantitative estimate of drug-likeness (QED) is 0.666. The number of rotatable bonds is 8. The molecule has 1 amide bonds. The molecule has 8 heteroatoms. The third kappa shape index (κ3) is 6.45. The van der Waals surface area contributed by atoms with Crippen LogP contribution in [-0.2, 0) is 4.74 Å². The number of hydrogen-bond acceptors (Lipinski definition) is 7. The van der Waals surface area contributed by atoms with E-state index in [-0.39, 0.29) is 12.2 Å². The molecule has 2 saturated heterocycles. The normalized spacial score (nSPS) is 20.3. The van der Waals surface area contributed by atoms with Crippen molar-refractivity contribution in [1.82, 2.24) is 20.2 Å². The van der Waals surface area contributed by atoms with Crippen molar-refractivity contribution in [3.63, 3.8) is 0 Å². The molecule has 3 rings (SSSR count). The molecule has 0 spiro atoms. The summed E-state index contributed by atoms with van der Waals surface area (Å²) in [5.41, 5.74) is 0. The summed E-state index contributed by atoms with van der Waals surface area (Å²) in [4.78, 5) is 24.9. The van der Waals surface area contributed by atoms with Crippen molar-refractivity contribution in [2.45, 2.75) is 58.1 Å². The predicted molar refractivity (Wildman–Crippen MR) is 112 cm³/mol. The van der Waals surface area contributed by atoms with Crippen molar-refractivity contribution in [2.24, 2.45) is 5.92 Å². The molecule has 2 aliphatic heterocycles. The van der Waals surface area contributed by atoms with E-state index in [0.29, 0.717) is 18.6 Å². The van der Waals surface area contributed by atoms with Gasteiger partial charge in [0.2, 0.25) is 5.95 Å². The summed E-state index contributed by atoms with van der Waals surface area (Å²) in [6, 6.07) is 0.516. The van der Waals surface area contributed by atoms with Crippen molar-refractivity contribution < 1.29 is 14.3 Å². The number of carbonyl (C=O) groups excluding carboxylic acids is 1. The van der Waals surface area contributed by atoms with Crippen molar-refractivity contribution in [3.05, 3.63) is 12.4 Å². The molecule has 1 atom stereocenters. The zero-order valence-corrected chi connectivity index (χ0v) is 18.0. The summed E-state index contributed by atoms with van der Waals surface area (Å²) >= 11 is 0. The summed E-state index contributed by atoms with van der Waals surface area (Å²) in [6.07, 6.45) is 8.61. The zero-order valence-electron chi connectivity index (χ0n) is 18.0. The average Bonchev–Trinajstić information content (AvgIpc) is 3.21. The number of aromatic nitrogens is 2. The van der Waals surface area contributed by atoms with Crippen LogP contribution >= 0.6 is 0 Å². The molecule has 29 heavy (non-hydrogen) atoms. The third-order valence-electron chi connectivity index (χ3n) is 5.73. The Bertz CT molecular complexity index is 632. The number of ether oxygens (including phenoxy) is 2. The van der Waals surface area contributed by atoms with Crippen LogP contribution in [0.15, 0.2) is 12.4 Å². The summed E-state index contributed by atoms with van der Waals surface area (Å²) in [5, 5.41) is 3.30. The van der Waals surface area contributed by atoms with Crippen LogP contribution in [-0.4, -0.2) is 72.9 Å². The van der Waals surface area contributed by atoms with Crippen molar-refractivity contribution in [3.8, 4) is 5.75 Å². The van der Waals surface area contributed by atoms with E-state index in [1.165, 1.54) is 0 Å². The maximum atomic E-state index is 11.9. The number of nitrogens with one attached hydrogen (secondary N) is 1. The Labute approximate surface area is 174 Å². The molecular weight excluding hydrogens is 370 g/mol. The Morgan fingerprint density at radius 2 is 1.93 bits per heavy atom. The van der Waals surface area contributed by atoms with E-state index in [1.54, 1.807) is 12.4 Å². The first-order valence-corrected chi connectivity index (χ1v) is 10.9. The molecule has 0 bridgehead atoms. The molecule has 1 aromatic heterocycles. The van der Waals surface area contributed by atoms with Crippen LogP contribution in [0.25, 0.3) is 0 Å². The van der Waals surface area contributed by atoms with E-state index in [1.807, 2.05) is 25.8 Å². The summed E-state index contributed by atoms with van der Waals surface area (Å²) in [6.45, 7) is 7.95. The second kappa shape index (κ2) is 10.6. The Kier molecular flexibility index (Phi) is 7.91. The standard InChI is InChI=1S/C21H35N5O3/c1-16(2)29-21(27)25-9-6-17(7-10-25)5-4-12-28-19-13-23-20(24-14-19)26-11-8-18(15-26)22-3/h13-14,16-18,22H,4-12,15H2,1-3H3. The van der Waals surface area contributed by atoms with E-state index in [0.717, 1.165) is 70.0 Å². The highest BCUT2D eigenvalue weighted by molar-refractivity contribution is 5.67. The first-order chi connectivity index (χ1) is 14.0. The molecule has 8 nitrogen and oxygen atoms in total. The fourth-order valence-electron chi connectivity index (χ4n) is 3.97. The fourth-order valence-corrected chi connectivity index (χ4v) is 3.97. The topological polar surface area (TPSA) is 79.8 Å². The lowest BCUT2D eigenvalue weighted by Gasteiger charge is -2.31. The minimum atomic E-state index is -0.180. The van der Waals surface area contributed by atoms with Gasteiger partial charge in [0.15, 0.2) is 5.75 Å². The number of amides is 1. The van der Waals surface area contributed by atoms with Gasteiger partial charge in [-0.05, 0) is 58.9 Å². The van der Waals surface area contributed by atoms with Crippen LogP contribution in [0.3, 0.4) is 0 Å². The highest BCUT2D eigenvalue weighted by Gasteiger charge is 2.24. The first-order valence-electron chi connectivity index (χ1n) is 10.9. The van der Waals surface area contributed by atoms with Gasteiger partial charge in [0.1, 0.15) is 0 Å². The zero-order chi connectivity index (χ0) is 20.6. The molecule has 2 fully saturated rings. The van der Waals surface area contributed by atoms with Crippen molar-refractivity contribution >= 4 is 12.0 Å². The van der Waals surface area contributed by atoms with Gasteiger partial charge < -0.3 is 24.6 Å². The molecule has 1 N–H and O–H groups in total.